The van der Waals surface area contributed by atoms with E-state index < -0.39 is 29.0 Å². The van der Waals surface area contributed by atoms with Crippen molar-refractivity contribution in [1.29, 1.82) is 0 Å². The highest BCUT2D eigenvalue weighted by atomic mass is 28.4. The molecule has 1 saturated heterocycles. The van der Waals surface area contributed by atoms with E-state index in [2.05, 4.69) is 72.7 Å². The van der Waals surface area contributed by atoms with Crippen molar-refractivity contribution in [2.24, 2.45) is 0 Å². The summed E-state index contributed by atoms with van der Waals surface area (Å²) in [7, 11) is 1.18. The first kappa shape index (κ1) is 29.2. The zero-order valence-electron chi connectivity index (χ0n) is 23.6. The third-order valence-electron chi connectivity index (χ3n) is 7.76. The monoisotopic (exact) mass is 513 g/mol. The fourth-order valence-corrected chi connectivity index (χ4v) is 5.66. The van der Waals surface area contributed by atoms with Gasteiger partial charge in [0.25, 0.3) is 0 Å². The van der Waals surface area contributed by atoms with Crippen molar-refractivity contribution in [3.63, 3.8) is 0 Å². The smallest absolute Gasteiger partial charge is 0.351 e. The lowest BCUT2D eigenvalue weighted by Crippen LogP contribution is -2.51. The maximum atomic E-state index is 12.9. The van der Waals surface area contributed by atoms with E-state index in [-0.39, 0.29) is 28.0 Å². The number of ether oxygens (including phenoxy) is 2. The number of nitrogens with zero attached hydrogens (tertiary/aromatic N) is 3. The minimum atomic E-state index is -2.16. The molecule has 1 unspecified atom stereocenters. The number of anilines is 1. The zero-order chi connectivity index (χ0) is 26.3. The Bertz CT molecular complexity index is 890. The fourth-order valence-electron chi connectivity index (χ4n) is 3.33. The molecule has 10 heteroatoms. The molecule has 4 atom stereocenters. The Morgan fingerprint density at radius 1 is 1.03 bits per heavy atom. The van der Waals surface area contributed by atoms with E-state index in [1.165, 1.54) is 4.57 Å². The lowest BCUT2D eigenvalue weighted by Gasteiger charge is -2.41. The maximum Gasteiger partial charge on any atom is 0.351 e. The number of aromatic nitrogens is 2. The molecule has 0 saturated carbocycles. The first-order chi connectivity index (χ1) is 15.3. The Morgan fingerprint density at radius 2 is 1.59 bits per heavy atom. The Balaban J connectivity index is 2.44. The van der Waals surface area contributed by atoms with Gasteiger partial charge in [0.05, 0.1) is 6.61 Å². The Hall–Kier alpha value is -1.05. The molecule has 0 N–H and O–H groups in total. The molecular weight excluding hydrogens is 466 g/mol. The van der Waals surface area contributed by atoms with Gasteiger partial charge in [-0.1, -0.05) is 41.5 Å². The van der Waals surface area contributed by atoms with Crippen molar-refractivity contribution in [3.05, 3.63) is 22.7 Å². The third-order valence-corrected chi connectivity index (χ3v) is 16.7. The van der Waals surface area contributed by atoms with Crippen molar-refractivity contribution in [2.75, 3.05) is 32.7 Å². The van der Waals surface area contributed by atoms with E-state index >= 15 is 0 Å². The average molecular weight is 514 g/mol. The predicted molar refractivity (Wildman–Crippen MR) is 143 cm³/mol. The van der Waals surface area contributed by atoms with Crippen LogP contribution in [0, 0.1) is 0 Å². The molecule has 0 bridgehead atoms. The van der Waals surface area contributed by atoms with E-state index in [4.69, 9.17) is 18.3 Å². The van der Waals surface area contributed by atoms with Crippen LogP contribution < -0.4 is 10.6 Å². The molecule has 1 aliphatic rings. The van der Waals surface area contributed by atoms with Gasteiger partial charge in [-0.05, 0) is 42.3 Å². The normalized spacial score (nSPS) is 24.5. The zero-order valence-corrected chi connectivity index (χ0v) is 25.6. The standard InChI is InChI=1S/C24H47N3O5Si2/c1-23(2,3)33(10,11)30-16-17-19(32-34(12,13)24(4,5)6)20(29-9)21(31-17)27-15-14-18(26(7)8)25-22(27)28/h14-15,17,19-21H,16H2,1-13H3/t17-,19+,20?,21-/m1/s1. The molecule has 1 fully saturated rings. The van der Waals surface area contributed by atoms with Gasteiger partial charge in [0.2, 0.25) is 0 Å². The molecule has 0 spiro atoms. The molecule has 0 amide bonds. The van der Waals surface area contributed by atoms with E-state index in [1.54, 1.807) is 24.3 Å². The van der Waals surface area contributed by atoms with Crippen LogP contribution in [0.1, 0.15) is 47.8 Å². The van der Waals surface area contributed by atoms with Crippen LogP contribution in [0.15, 0.2) is 17.1 Å². The highest BCUT2D eigenvalue weighted by Gasteiger charge is 2.52. The Morgan fingerprint density at radius 3 is 2.03 bits per heavy atom. The number of hydrogen-bond donors (Lipinski definition) is 0. The van der Waals surface area contributed by atoms with Crippen LogP contribution >= 0.6 is 0 Å². The molecule has 1 aromatic heterocycles. The molecule has 2 rings (SSSR count). The SMILES string of the molecule is COC1[C@@H](O[Si](C)(C)C(C)(C)C)[C@@H](CO[Si](C)(C)C(C)(C)C)O[C@H]1n1ccc(N(C)C)nc1=O. The van der Waals surface area contributed by atoms with Crippen LogP contribution in [0.4, 0.5) is 5.82 Å². The topological polar surface area (TPSA) is 75.1 Å². The van der Waals surface area contributed by atoms with Gasteiger partial charge in [0.1, 0.15) is 24.1 Å². The molecule has 8 nitrogen and oxygen atoms in total. The van der Waals surface area contributed by atoms with E-state index in [0.29, 0.717) is 12.4 Å². The highest BCUT2D eigenvalue weighted by Crippen LogP contribution is 2.43. The maximum absolute atomic E-state index is 12.9. The van der Waals surface area contributed by atoms with Crippen molar-refractivity contribution < 1.29 is 18.3 Å². The molecule has 0 radical (unpaired) electrons. The molecule has 34 heavy (non-hydrogen) atoms. The van der Waals surface area contributed by atoms with Gasteiger partial charge in [-0.2, -0.15) is 4.98 Å². The first-order valence-corrected chi connectivity index (χ1v) is 17.9. The summed E-state index contributed by atoms with van der Waals surface area (Å²) >= 11 is 0. The minimum absolute atomic E-state index is 0.0139. The average Bonchev–Trinajstić information content (AvgIpc) is 3.00. The second kappa shape index (κ2) is 10.1. The summed E-state index contributed by atoms with van der Waals surface area (Å²) in [4.78, 5) is 18.9. The Kier molecular flexibility index (Phi) is 8.70. The number of rotatable bonds is 8. The van der Waals surface area contributed by atoms with Gasteiger partial charge in [-0.15, -0.1) is 0 Å². The van der Waals surface area contributed by atoms with Gasteiger partial charge in [0, 0.05) is 27.4 Å². The lowest BCUT2D eigenvalue weighted by molar-refractivity contribution is -0.0612. The minimum Gasteiger partial charge on any atom is -0.414 e. The van der Waals surface area contributed by atoms with Gasteiger partial charge < -0.3 is 23.2 Å². The van der Waals surface area contributed by atoms with E-state index in [1.807, 2.05) is 14.1 Å². The van der Waals surface area contributed by atoms with Crippen LogP contribution in [-0.2, 0) is 18.3 Å². The second-order valence-electron chi connectivity index (χ2n) is 12.5. The largest absolute Gasteiger partial charge is 0.414 e. The summed E-state index contributed by atoms with van der Waals surface area (Å²) in [6, 6.07) is 1.81. The van der Waals surface area contributed by atoms with Crippen molar-refractivity contribution in [1.82, 2.24) is 9.55 Å². The second-order valence-corrected chi connectivity index (χ2v) is 22.1. The van der Waals surface area contributed by atoms with Crippen LogP contribution in [0.25, 0.3) is 0 Å². The van der Waals surface area contributed by atoms with Crippen molar-refractivity contribution in [2.45, 2.75) is 102 Å². The molecule has 0 aliphatic carbocycles. The molecular formula is C24H47N3O5Si2. The quantitative estimate of drug-likeness (QED) is 0.469. The summed E-state index contributed by atoms with van der Waals surface area (Å²) in [5.41, 5.74) is -0.379. The summed E-state index contributed by atoms with van der Waals surface area (Å²) < 4.78 is 27.4. The van der Waals surface area contributed by atoms with Gasteiger partial charge in [-0.25, -0.2) is 4.79 Å². The molecule has 196 valence electrons. The number of methoxy groups -OCH3 is 1. The summed E-state index contributed by atoms with van der Waals surface area (Å²) in [5, 5.41) is 0.0876. The van der Waals surface area contributed by atoms with E-state index in [0.717, 1.165) is 0 Å². The molecule has 2 heterocycles. The molecule has 0 aromatic carbocycles. The van der Waals surface area contributed by atoms with E-state index in [9.17, 15) is 4.79 Å². The van der Waals surface area contributed by atoms with Gasteiger partial charge >= 0.3 is 5.69 Å². The summed E-state index contributed by atoms with van der Waals surface area (Å²) in [6.07, 6.45) is -0.113. The fraction of sp³-hybridized carbons (Fsp3) is 0.833. The third kappa shape index (κ3) is 6.20. The Labute approximate surface area is 208 Å². The highest BCUT2D eigenvalue weighted by molar-refractivity contribution is 6.74. The molecule has 1 aliphatic heterocycles. The lowest BCUT2D eigenvalue weighted by atomic mass is 10.1. The van der Waals surface area contributed by atoms with Gasteiger partial charge in [0.15, 0.2) is 22.9 Å². The van der Waals surface area contributed by atoms with Gasteiger partial charge in [-0.3, -0.25) is 4.57 Å². The summed E-state index contributed by atoms with van der Waals surface area (Å²) in [5.74, 6) is 0.597. The number of hydrogen-bond acceptors (Lipinski definition) is 7. The van der Waals surface area contributed by atoms with Crippen LogP contribution in [-0.4, -0.2) is 72.3 Å². The van der Waals surface area contributed by atoms with Crippen LogP contribution in [0.3, 0.4) is 0 Å². The first-order valence-electron chi connectivity index (χ1n) is 12.1. The van der Waals surface area contributed by atoms with Crippen LogP contribution in [0.5, 0.6) is 0 Å². The summed E-state index contributed by atoms with van der Waals surface area (Å²) in [6.45, 7) is 22.6. The van der Waals surface area contributed by atoms with Crippen LogP contribution in [0.2, 0.25) is 36.3 Å². The van der Waals surface area contributed by atoms with Crippen molar-refractivity contribution >= 4 is 22.5 Å². The van der Waals surface area contributed by atoms with Crippen molar-refractivity contribution in [3.8, 4) is 0 Å². The molecule has 1 aromatic rings. The predicted octanol–water partition coefficient (Wildman–Crippen LogP) is 4.63.